The van der Waals surface area contributed by atoms with Crippen LogP contribution in [0.25, 0.3) is 0 Å². The molecule has 3 saturated heterocycles. The molecule has 3 fully saturated rings. The Morgan fingerprint density at radius 3 is 0.870 bits per heavy atom. The van der Waals surface area contributed by atoms with Gasteiger partial charge in [-0.3, -0.25) is 4.79 Å². The Bertz CT molecular complexity index is 1810. The summed E-state index contributed by atoms with van der Waals surface area (Å²) in [6, 6.07) is -0.884. The normalized spacial score (nSPS) is 26.4. The molecule has 0 bridgehead atoms. The molecule has 3 rings (SSSR count). The Hall–Kier alpha value is -1.21. The summed E-state index contributed by atoms with van der Waals surface area (Å²) in [5.74, 6) is -0.232. The van der Waals surface area contributed by atoms with Crippen molar-refractivity contribution in [3.63, 3.8) is 0 Å². The van der Waals surface area contributed by atoms with Crippen molar-refractivity contribution in [1.29, 1.82) is 0 Å². The summed E-state index contributed by atoms with van der Waals surface area (Å²) in [7, 11) is 0. The van der Waals surface area contributed by atoms with Crippen LogP contribution in [0, 0.1) is 0 Å². The smallest absolute Gasteiger partial charge is 0.220 e. The molecule has 17 unspecified atom stereocenters. The molecular weight excluding hydrogens is 1270 g/mol. The van der Waals surface area contributed by atoms with Crippen molar-refractivity contribution < 1.29 is 89.4 Å². The highest BCUT2D eigenvalue weighted by atomic mass is 16.8. The first-order chi connectivity index (χ1) is 48.8. The lowest BCUT2D eigenvalue weighted by molar-refractivity contribution is -0.379. The van der Waals surface area contributed by atoms with Crippen molar-refractivity contribution in [3.8, 4) is 0 Å². The number of aliphatic hydroxyl groups is 11. The topological polar surface area (TPSA) is 307 Å². The summed E-state index contributed by atoms with van der Waals surface area (Å²) in [4.78, 5) is 13.5. The van der Waals surface area contributed by atoms with E-state index >= 15 is 0 Å². The molecule has 3 aliphatic heterocycles. The third-order valence-corrected chi connectivity index (χ3v) is 21.7. The Morgan fingerprint density at radius 1 is 0.320 bits per heavy atom. The predicted molar refractivity (Wildman–Crippen MR) is 397 cm³/mol. The highest BCUT2D eigenvalue weighted by Crippen LogP contribution is 2.34. The highest BCUT2D eigenvalue weighted by molar-refractivity contribution is 5.76. The lowest BCUT2D eigenvalue weighted by Crippen LogP contribution is -2.66. The van der Waals surface area contributed by atoms with Crippen LogP contribution in [0.1, 0.15) is 380 Å². The third-order valence-electron chi connectivity index (χ3n) is 21.7. The SMILES string of the molecule is CCCCCCCCCCCCCCCCCCCCCCCCCCCCCCCCCC(=O)NC(COC1OC(CO)C(OC2OC(CO)C(OC3OC(CO)C(O)C(O)C3O)C(O)C2O)C(O)C1O)C(O)CCCCCCCCCCCCCCCCCCCCCCCCCC. The molecule has 12 N–H and O–H groups in total. The average molecular weight is 1430 g/mol. The number of nitrogens with one attached hydrogen (secondary N) is 1. The maximum absolute atomic E-state index is 13.5. The second-order valence-corrected chi connectivity index (χ2v) is 30.7. The number of carbonyl (C=O) groups excluding carboxylic acids is 1. The quantitative estimate of drug-likeness (QED) is 0.0252. The van der Waals surface area contributed by atoms with Gasteiger partial charge < -0.3 is 89.9 Å². The first-order valence-electron chi connectivity index (χ1n) is 42.3. The molecule has 17 atom stereocenters. The second-order valence-electron chi connectivity index (χ2n) is 30.7. The van der Waals surface area contributed by atoms with E-state index in [0.29, 0.717) is 12.8 Å². The molecule has 19 heteroatoms. The second kappa shape index (κ2) is 62.8. The minimum absolute atomic E-state index is 0.232. The zero-order chi connectivity index (χ0) is 72.5. The number of aliphatic hydroxyl groups excluding tert-OH is 11. The van der Waals surface area contributed by atoms with Crippen molar-refractivity contribution in [3.05, 3.63) is 0 Å². The van der Waals surface area contributed by atoms with E-state index in [1.54, 1.807) is 0 Å². The van der Waals surface area contributed by atoms with Crippen LogP contribution in [0.4, 0.5) is 0 Å². The fourth-order valence-corrected chi connectivity index (χ4v) is 14.9. The Balaban J connectivity index is 1.34. The van der Waals surface area contributed by atoms with Crippen LogP contribution < -0.4 is 5.32 Å². The van der Waals surface area contributed by atoms with Crippen LogP contribution in [0.5, 0.6) is 0 Å². The highest BCUT2D eigenvalue weighted by Gasteiger charge is 2.54. The number of rotatable bonds is 69. The first-order valence-corrected chi connectivity index (χ1v) is 42.3. The van der Waals surface area contributed by atoms with Gasteiger partial charge in [0.05, 0.1) is 38.6 Å². The molecule has 0 saturated carbocycles. The molecule has 0 spiro atoms. The molecule has 100 heavy (non-hydrogen) atoms. The van der Waals surface area contributed by atoms with E-state index in [1.807, 2.05) is 0 Å². The van der Waals surface area contributed by atoms with E-state index in [1.165, 1.54) is 302 Å². The number of carbonyl (C=O) groups is 1. The molecule has 0 aromatic heterocycles. The molecular formula is C81H157NO18. The maximum atomic E-state index is 13.5. The van der Waals surface area contributed by atoms with E-state index in [2.05, 4.69) is 19.2 Å². The molecule has 0 aliphatic carbocycles. The van der Waals surface area contributed by atoms with E-state index in [0.717, 1.165) is 44.9 Å². The van der Waals surface area contributed by atoms with Gasteiger partial charge in [-0.25, -0.2) is 0 Å². The fourth-order valence-electron chi connectivity index (χ4n) is 14.9. The van der Waals surface area contributed by atoms with Gasteiger partial charge in [-0.15, -0.1) is 0 Å². The summed E-state index contributed by atoms with van der Waals surface area (Å²) in [6.07, 6.45) is 46.3. The summed E-state index contributed by atoms with van der Waals surface area (Å²) in [6.45, 7) is 1.88. The van der Waals surface area contributed by atoms with Crippen molar-refractivity contribution in [2.24, 2.45) is 0 Å². The van der Waals surface area contributed by atoms with Gasteiger partial charge in [-0.1, -0.05) is 361 Å². The summed E-state index contributed by atoms with van der Waals surface area (Å²) in [5.41, 5.74) is 0. The summed E-state index contributed by atoms with van der Waals surface area (Å²) >= 11 is 0. The zero-order valence-electron chi connectivity index (χ0n) is 63.7. The van der Waals surface area contributed by atoms with Gasteiger partial charge in [0.2, 0.25) is 5.91 Å². The number of unbranched alkanes of at least 4 members (excludes halogenated alkanes) is 53. The van der Waals surface area contributed by atoms with Crippen LogP contribution in [0.2, 0.25) is 0 Å². The lowest BCUT2D eigenvalue weighted by atomic mass is 9.96. The van der Waals surface area contributed by atoms with Gasteiger partial charge >= 0.3 is 0 Å². The molecule has 19 nitrogen and oxygen atoms in total. The van der Waals surface area contributed by atoms with E-state index in [4.69, 9.17) is 28.4 Å². The number of ether oxygens (including phenoxy) is 6. The van der Waals surface area contributed by atoms with Crippen LogP contribution in [-0.2, 0) is 33.2 Å². The van der Waals surface area contributed by atoms with E-state index in [-0.39, 0.29) is 18.9 Å². The number of hydrogen-bond acceptors (Lipinski definition) is 18. The molecule has 1 amide bonds. The molecule has 0 aromatic rings. The first kappa shape index (κ1) is 93.0. The van der Waals surface area contributed by atoms with E-state index in [9.17, 15) is 61.0 Å². The lowest BCUT2D eigenvalue weighted by Gasteiger charge is -2.48. The van der Waals surface area contributed by atoms with Crippen LogP contribution in [0.15, 0.2) is 0 Å². The van der Waals surface area contributed by atoms with Gasteiger partial charge in [-0.05, 0) is 12.8 Å². The zero-order valence-corrected chi connectivity index (χ0v) is 63.7. The number of hydrogen-bond donors (Lipinski definition) is 12. The molecule has 3 heterocycles. The van der Waals surface area contributed by atoms with Crippen molar-refractivity contribution >= 4 is 5.91 Å². The van der Waals surface area contributed by atoms with E-state index < -0.39 is 124 Å². The van der Waals surface area contributed by atoms with Crippen molar-refractivity contribution in [2.75, 3.05) is 26.4 Å². The average Bonchev–Trinajstić information content (AvgIpc) is 0.783. The van der Waals surface area contributed by atoms with Crippen molar-refractivity contribution in [2.45, 2.75) is 484 Å². The third kappa shape index (κ3) is 42.4. The molecule has 594 valence electrons. The molecule has 0 radical (unpaired) electrons. The van der Waals surface area contributed by atoms with Gasteiger partial charge in [0.1, 0.15) is 73.2 Å². The molecule has 0 aromatic carbocycles. The Morgan fingerprint density at radius 2 is 0.570 bits per heavy atom. The summed E-state index contributed by atoms with van der Waals surface area (Å²) in [5, 5.41) is 121. The van der Waals surface area contributed by atoms with Gasteiger partial charge in [0.15, 0.2) is 18.9 Å². The predicted octanol–water partition coefficient (Wildman–Crippen LogP) is 14.6. The van der Waals surface area contributed by atoms with Crippen LogP contribution in [-0.4, -0.2) is 193 Å². The van der Waals surface area contributed by atoms with Gasteiger partial charge in [0, 0.05) is 6.42 Å². The Labute approximate surface area is 608 Å². The van der Waals surface area contributed by atoms with Crippen LogP contribution >= 0.6 is 0 Å². The Kier molecular flexibility index (Phi) is 58.4. The fraction of sp³-hybridized carbons (Fsp3) is 0.988. The minimum Gasteiger partial charge on any atom is -0.394 e. The van der Waals surface area contributed by atoms with Crippen molar-refractivity contribution in [1.82, 2.24) is 5.32 Å². The maximum Gasteiger partial charge on any atom is 0.220 e. The van der Waals surface area contributed by atoms with Gasteiger partial charge in [0.25, 0.3) is 0 Å². The minimum atomic E-state index is -1.97. The monoisotopic (exact) mass is 1430 g/mol. The summed E-state index contributed by atoms with van der Waals surface area (Å²) < 4.78 is 34.6. The molecule has 3 aliphatic rings. The standard InChI is InChI=1S/C81H157NO18/c1-3-5-7-9-11-13-15-17-19-21-23-25-27-29-30-31-32-33-34-35-37-39-41-43-45-47-49-51-53-55-57-59-69(87)82-64(65(86)58-56-54-52-50-48-46-44-42-40-38-36-28-26-24-22-20-18-16-14-12-10-8-6-4-2)63-95-79-75(93)72(90)77(67(61-84)97-79)100-81-76(94)73(91)78(68(62-85)98-81)99-80-74(92)71(89)70(88)66(60-83)96-80/h64-68,70-81,83-86,88-94H,3-63H2,1-2H3,(H,82,87). The van der Waals surface area contributed by atoms with Crippen LogP contribution in [0.3, 0.4) is 0 Å². The van der Waals surface area contributed by atoms with Gasteiger partial charge in [-0.2, -0.15) is 0 Å². The number of amides is 1. The largest absolute Gasteiger partial charge is 0.394 e.